The Morgan fingerprint density at radius 1 is 0.773 bits per heavy atom. The Hall–Kier alpha value is -4.73. The summed E-state index contributed by atoms with van der Waals surface area (Å²) in [7, 11) is 0. The third-order valence-electron chi connectivity index (χ3n) is 7.86. The van der Waals surface area contributed by atoms with Gasteiger partial charge in [0, 0.05) is 63.7 Å². The maximum Gasteiger partial charge on any atom is 0.303 e. The molecule has 0 bridgehead atoms. The molecule has 4 rings (SSSR count). The number of hydrogen-bond donors (Lipinski definition) is 5. The molecule has 0 radical (unpaired) electrons. The molecule has 0 aromatic carbocycles. The fourth-order valence-electron chi connectivity index (χ4n) is 5.33. The second-order valence-electron chi connectivity index (χ2n) is 10.5. The Bertz CT molecular complexity index is 1730. The normalized spacial score (nSPS) is 19.2. The van der Waals surface area contributed by atoms with Crippen molar-refractivity contribution in [1.82, 2.24) is 15.6 Å². The summed E-state index contributed by atoms with van der Waals surface area (Å²) in [5.74, 6) is -2.36. The van der Waals surface area contributed by atoms with Crippen LogP contribution in [0.2, 0.25) is 0 Å². The molecule has 230 valence electrons. The number of nitrogens with zero attached hydrogens (tertiary/aromatic N) is 1. The molecule has 0 saturated carbocycles. The Morgan fingerprint density at radius 2 is 1.39 bits per heavy atom. The van der Waals surface area contributed by atoms with Gasteiger partial charge in [0.25, 0.3) is 11.8 Å². The zero-order chi connectivity index (χ0) is 31.6. The molecule has 0 spiro atoms. The molecule has 4 heterocycles. The molecule has 3 aliphatic heterocycles. The van der Waals surface area contributed by atoms with E-state index in [4.69, 9.17) is 4.99 Å². The number of aliphatic imine (C=N–C) groups is 1. The fraction of sp³-hybridized carbons (Fsp3) is 0.242. The van der Waals surface area contributed by atoms with Crippen LogP contribution in [0.15, 0.2) is 86.9 Å². The van der Waals surface area contributed by atoms with Crippen LogP contribution in [0.25, 0.3) is 12.2 Å². The van der Waals surface area contributed by atoms with Gasteiger partial charge in [0.2, 0.25) is 0 Å². The van der Waals surface area contributed by atoms with E-state index in [0.29, 0.717) is 50.9 Å². The summed E-state index contributed by atoms with van der Waals surface area (Å²) in [5.41, 5.74) is 9.11. The van der Waals surface area contributed by atoms with Crippen molar-refractivity contribution in [1.29, 1.82) is 0 Å². The van der Waals surface area contributed by atoms with E-state index < -0.39 is 11.9 Å². The van der Waals surface area contributed by atoms with Gasteiger partial charge >= 0.3 is 11.9 Å². The first kappa shape index (κ1) is 33.8. The largest absolute Gasteiger partial charge is 0.481 e. The standard InChI is InChI=1S/C33H34N4O6.Fe/c1-7-20-19(6)32(42)37-27(20)14-25-18(5)23(10-12-31(40)41)29(35-25)15-28-22(9-11-30(38)39)17(4)24(34-28)13-26-16(3)21(8-2)33(43)36-26;/h7-8,13-15,35H,1-2,9-12H2,3-6H3,(H,36,43)(H,37,42)(H,38,39)(H,40,41);/b26-13-,27-14-,28-15-;. The van der Waals surface area contributed by atoms with E-state index in [1.807, 2.05) is 20.8 Å². The molecule has 5 N–H and O–H groups in total. The molecule has 0 fully saturated rings. The third kappa shape index (κ3) is 6.74. The van der Waals surface area contributed by atoms with Crippen molar-refractivity contribution in [2.75, 3.05) is 0 Å². The first-order valence-corrected chi connectivity index (χ1v) is 13.8. The number of rotatable bonds is 11. The molecule has 10 nitrogen and oxygen atoms in total. The van der Waals surface area contributed by atoms with Crippen molar-refractivity contribution in [2.45, 2.75) is 53.4 Å². The average molecular weight is 639 g/mol. The molecule has 2 amide bonds. The molecule has 0 unspecified atom stereocenters. The number of H-pyrrole nitrogens is 1. The second kappa shape index (κ2) is 13.7. The summed E-state index contributed by atoms with van der Waals surface area (Å²) in [6.07, 6.45) is 8.72. The SMILES string of the molecule is C=CC1=C(C)/C(=C/C2=NC(=C\c3[nH]c(/C=C4\NC(=O)C(C)=C4C=C)c(C)c3CCC(=O)O)/C(CCC(=O)O)=C2C)NC1=O.[Fe]. The number of carbonyl (C=O) groups is 4. The number of aromatic nitrogens is 1. The third-order valence-corrected chi connectivity index (χ3v) is 7.86. The quantitative estimate of drug-likeness (QED) is 0.219. The van der Waals surface area contributed by atoms with Crippen LogP contribution in [-0.2, 0) is 42.7 Å². The van der Waals surface area contributed by atoms with Crippen LogP contribution in [0.5, 0.6) is 0 Å². The Morgan fingerprint density at radius 3 is 1.98 bits per heavy atom. The second-order valence-corrected chi connectivity index (χ2v) is 10.5. The van der Waals surface area contributed by atoms with Gasteiger partial charge in [0.05, 0.1) is 17.1 Å². The number of aromatic amines is 1. The van der Waals surface area contributed by atoms with E-state index in [2.05, 4.69) is 28.8 Å². The van der Waals surface area contributed by atoms with Crippen LogP contribution in [-0.4, -0.2) is 44.7 Å². The van der Waals surface area contributed by atoms with E-state index in [0.717, 1.165) is 27.8 Å². The Kier molecular flexibility index (Phi) is 10.5. The van der Waals surface area contributed by atoms with Crippen molar-refractivity contribution >= 4 is 41.6 Å². The number of nitrogens with one attached hydrogen (secondary N) is 3. The van der Waals surface area contributed by atoms with Crippen molar-refractivity contribution in [3.63, 3.8) is 0 Å². The Balaban J connectivity index is 0.00000529. The molecule has 0 saturated heterocycles. The molecule has 1 aromatic heterocycles. The van der Waals surface area contributed by atoms with Crippen LogP contribution in [0.4, 0.5) is 0 Å². The van der Waals surface area contributed by atoms with Gasteiger partial charge in [-0.3, -0.25) is 19.2 Å². The summed E-state index contributed by atoms with van der Waals surface area (Å²) in [6.45, 7) is 14.8. The number of aliphatic carboxylic acids is 2. The van der Waals surface area contributed by atoms with Crippen molar-refractivity contribution in [3.05, 3.63) is 104 Å². The number of carboxylic acids is 2. The minimum Gasteiger partial charge on any atom is -0.481 e. The molecular weight excluding hydrogens is 604 g/mol. The van der Waals surface area contributed by atoms with Crippen LogP contribution in [0.3, 0.4) is 0 Å². The van der Waals surface area contributed by atoms with E-state index in [1.165, 1.54) is 6.08 Å². The summed E-state index contributed by atoms with van der Waals surface area (Å²) in [6, 6.07) is 0. The van der Waals surface area contributed by atoms with Crippen molar-refractivity contribution < 1.29 is 46.5 Å². The van der Waals surface area contributed by atoms with E-state index in [9.17, 15) is 29.4 Å². The van der Waals surface area contributed by atoms with Crippen LogP contribution in [0, 0.1) is 6.92 Å². The molecule has 1 aromatic rings. The average Bonchev–Trinajstić information content (AvgIpc) is 3.59. The minimum atomic E-state index is -0.948. The van der Waals surface area contributed by atoms with Crippen LogP contribution >= 0.6 is 0 Å². The van der Waals surface area contributed by atoms with Crippen LogP contribution < -0.4 is 10.6 Å². The number of amides is 2. The van der Waals surface area contributed by atoms with Gasteiger partial charge in [0.15, 0.2) is 0 Å². The van der Waals surface area contributed by atoms with Gasteiger partial charge in [-0.05, 0) is 86.6 Å². The number of carboxylic acid groups (broad SMARTS) is 2. The van der Waals surface area contributed by atoms with Gasteiger partial charge < -0.3 is 25.8 Å². The minimum absolute atomic E-state index is 0. The first-order chi connectivity index (χ1) is 20.4. The van der Waals surface area contributed by atoms with Gasteiger partial charge in [0.1, 0.15) is 0 Å². The molecule has 11 heteroatoms. The maximum absolute atomic E-state index is 12.3. The predicted molar refractivity (Wildman–Crippen MR) is 165 cm³/mol. The molecule has 44 heavy (non-hydrogen) atoms. The molecule has 0 atom stereocenters. The predicted octanol–water partition coefficient (Wildman–Crippen LogP) is 4.80. The van der Waals surface area contributed by atoms with Gasteiger partial charge in [-0.2, -0.15) is 0 Å². The fourth-order valence-corrected chi connectivity index (χ4v) is 5.33. The monoisotopic (exact) mass is 638 g/mol. The first-order valence-electron chi connectivity index (χ1n) is 13.8. The van der Waals surface area contributed by atoms with E-state index in [-0.39, 0.29) is 54.6 Å². The maximum atomic E-state index is 12.3. The van der Waals surface area contributed by atoms with Gasteiger partial charge in [-0.25, -0.2) is 4.99 Å². The van der Waals surface area contributed by atoms with Gasteiger partial charge in [-0.1, -0.05) is 25.3 Å². The summed E-state index contributed by atoms with van der Waals surface area (Å²) in [4.78, 5) is 55.8. The summed E-state index contributed by atoms with van der Waals surface area (Å²) < 4.78 is 0. The van der Waals surface area contributed by atoms with Crippen LogP contribution in [0.1, 0.15) is 62.5 Å². The number of allylic oxidation sites excluding steroid dienone is 5. The van der Waals surface area contributed by atoms with Crippen molar-refractivity contribution in [2.24, 2.45) is 4.99 Å². The molecular formula is C33H34FeN4O6. The number of carbonyl (C=O) groups excluding carboxylic acids is 2. The zero-order valence-electron chi connectivity index (χ0n) is 25.0. The molecule has 3 aliphatic rings. The number of hydrogen-bond acceptors (Lipinski definition) is 5. The van der Waals surface area contributed by atoms with Gasteiger partial charge in [-0.15, -0.1) is 0 Å². The van der Waals surface area contributed by atoms with E-state index in [1.54, 1.807) is 31.2 Å². The Labute approximate surface area is 266 Å². The zero-order valence-corrected chi connectivity index (χ0v) is 26.1. The van der Waals surface area contributed by atoms with Crippen molar-refractivity contribution in [3.8, 4) is 0 Å². The van der Waals surface area contributed by atoms with E-state index >= 15 is 0 Å². The molecule has 0 aliphatic carbocycles. The summed E-state index contributed by atoms with van der Waals surface area (Å²) >= 11 is 0. The topological polar surface area (TPSA) is 161 Å². The summed E-state index contributed by atoms with van der Waals surface area (Å²) in [5, 5.41) is 24.5. The smallest absolute Gasteiger partial charge is 0.303 e.